The zero-order chi connectivity index (χ0) is 17.0. The fourth-order valence-electron chi connectivity index (χ4n) is 2.01. The lowest BCUT2D eigenvalue weighted by Crippen LogP contribution is -2.32. The average Bonchev–Trinajstić information content (AvgIpc) is 2.50. The summed E-state index contributed by atoms with van der Waals surface area (Å²) in [5.41, 5.74) is 2.24. The number of benzene rings is 1. The van der Waals surface area contributed by atoms with Gasteiger partial charge in [-0.25, -0.2) is 9.97 Å². The fourth-order valence-corrected chi connectivity index (χ4v) is 2.19. The van der Waals surface area contributed by atoms with Crippen LogP contribution in [0.2, 0.25) is 5.02 Å². The molecular weight excluding hydrogens is 312 g/mol. The summed E-state index contributed by atoms with van der Waals surface area (Å²) in [6, 6.07) is 7.33. The molecule has 1 aromatic carbocycles. The fraction of sp³-hybridized carbons (Fsp3) is 0.353. The van der Waals surface area contributed by atoms with Crippen molar-refractivity contribution in [3.8, 4) is 0 Å². The van der Waals surface area contributed by atoms with Crippen molar-refractivity contribution >= 4 is 29.0 Å². The molecule has 0 bridgehead atoms. The molecule has 0 aliphatic rings. The highest BCUT2D eigenvalue weighted by Gasteiger charge is 2.13. The summed E-state index contributed by atoms with van der Waals surface area (Å²) >= 11 is 6.03. The monoisotopic (exact) mass is 332 g/mol. The topological polar surface area (TPSA) is 66.9 Å². The summed E-state index contributed by atoms with van der Waals surface area (Å²) in [6.07, 6.45) is 0.864. The van der Waals surface area contributed by atoms with Crippen molar-refractivity contribution in [3.63, 3.8) is 0 Å². The number of carbonyl (C=O) groups is 1. The van der Waals surface area contributed by atoms with Gasteiger partial charge in [0.2, 0.25) is 0 Å². The number of hydrogen-bond donors (Lipinski definition) is 2. The summed E-state index contributed by atoms with van der Waals surface area (Å²) < 4.78 is 0. The highest BCUT2D eigenvalue weighted by Crippen LogP contribution is 2.23. The van der Waals surface area contributed by atoms with Crippen LogP contribution < -0.4 is 10.6 Å². The number of carbonyl (C=O) groups excluding carboxylic acids is 1. The van der Waals surface area contributed by atoms with Crippen LogP contribution in [0.5, 0.6) is 0 Å². The lowest BCUT2D eigenvalue weighted by molar-refractivity contribution is 0.0934. The molecule has 0 saturated carbocycles. The first-order valence-electron chi connectivity index (χ1n) is 7.58. The van der Waals surface area contributed by atoms with Crippen molar-refractivity contribution < 1.29 is 4.79 Å². The van der Waals surface area contributed by atoms with E-state index in [0.717, 1.165) is 17.7 Å². The van der Waals surface area contributed by atoms with Gasteiger partial charge in [0.1, 0.15) is 17.3 Å². The number of nitrogens with zero attached hydrogens (tertiary/aromatic N) is 2. The van der Waals surface area contributed by atoms with E-state index in [-0.39, 0.29) is 11.9 Å². The van der Waals surface area contributed by atoms with Crippen LogP contribution in [-0.4, -0.2) is 21.9 Å². The normalized spacial score (nSPS) is 11.9. The number of rotatable bonds is 5. The van der Waals surface area contributed by atoms with Gasteiger partial charge in [-0.3, -0.25) is 4.79 Å². The summed E-state index contributed by atoms with van der Waals surface area (Å²) in [6.45, 7) is 7.71. The van der Waals surface area contributed by atoms with Crippen LogP contribution in [0.25, 0.3) is 0 Å². The molecule has 0 fully saturated rings. The van der Waals surface area contributed by atoms with Gasteiger partial charge in [0.15, 0.2) is 0 Å². The molecule has 0 aliphatic heterocycles. The Balaban J connectivity index is 2.26. The van der Waals surface area contributed by atoms with Crippen LogP contribution in [0, 0.1) is 13.8 Å². The minimum Gasteiger partial charge on any atom is -0.348 e. The van der Waals surface area contributed by atoms with Gasteiger partial charge in [-0.05, 0) is 44.9 Å². The first-order chi connectivity index (χ1) is 10.9. The third-order valence-electron chi connectivity index (χ3n) is 3.52. The molecular formula is C17H21ClN4O. The standard InChI is InChI=1S/C17H21ClN4O/c1-5-11(3)19-17(23)15-9-16(21-12(4)20-15)22-14-8-13(18)7-6-10(14)2/h6-9,11H,5H2,1-4H3,(H,19,23)(H,20,21,22). The van der Waals surface area contributed by atoms with Crippen LogP contribution >= 0.6 is 11.6 Å². The van der Waals surface area contributed by atoms with Crippen molar-refractivity contribution in [2.75, 3.05) is 5.32 Å². The second-order valence-electron chi connectivity index (χ2n) is 5.55. The summed E-state index contributed by atoms with van der Waals surface area (Å²) in [5.74, 6) is 0.900. The number of hydrogen-bond acceptors (Lipinski definition) is 4. The van der Waals surface area contributed by atoms with Crippen LogP contribution in [0.4, 0.5) is 11.5 Å². The molecule has 6 heteroatoms. The Labute approximate surface area is 141 Å². The maximum absolute atomic E-state index is 12.2. The summed E-state index contributed by atoms with van der Waals surface area (Å²) in [5, 5.41) is 6.75. The molecule has 122 valence electrons. The molecule has 0 aliphatic carbocycles. The third kappa shape index (κ3) is 4.66. The number of anilines is 2. The van der Waals surface area contributed by atoms with E-state index in [0.29, 0.717) is 22.4 Å². The van der Waals surface area contributed by atoms with E-state index in [9.17, 15) is 4.79 Å². The summed E-state index contributed by atoms with van der Waals surface area (Å²) in [7, 11) is 0. The number of nitrogens with one attached hydrogen (secondary N) is 2. The minimum atomic E-state index is -0.198. The van der Waals surface area contributed by atoms with E-state index in [2.05, 4.69) is 20.6 Å². The summed E-state index contributed by atoms with van der Waals surface area (Å²) in [4.78, 5) is 20.8. The van der Waals surface area contributed by atoms with E-state index < -0.39 is 0 Å². The van der Waals surface area contributed by atoms with Crippen molar-refractivity contribution in [1.82, 2.24) is 15.3 Å². The number of halogens is 1. The molecule has 2 aromatic rings. The average molecular weight is 333 g/mol. The van der Waals surface area contributed by atoms with Gasteiger partial charge in [0.25, 0.3) is 5.91 Å². The van der Waals surface area contributed by atoms with E-state index in [1.807, 2.05) is 39.0 Å². The Morgan fingerprint density at radius 3 is 2.70 bits per heavy atom. The predicted molar refractivity (Wildman–Crippen MR) is 93.5 cm³/mol. The molecule has 1 aromatic heterocycles. The molecule has 1 unspecified atom stereocenters. The van der Waals surface area contributed by atoms with Gasteiger partial charge in [-0.2, -0.15) is 0 Å². The van der Waals surface area contributed by atoms with Crippen molar-refractivity contribution in [1.29, 1.82) is 0 Å². The minimum absolute atomic E-state index is 0.101. The molecule has 5 nitrogen and oxygen atoms in total. The van der Waals surface area contributed by atoms with Gasteiger partial charge >= 0.3 is 0 Å². The molecule has 1 heterocycles. The van der Waals surface area contributed by atoms with Gasteiger partial charge in [0, 0.05) is 22.8 Å². The lowest BCUT2D eigenvalue weighted by atomic mass is 10.2. The highest BCUT2D eigenvalue weighted by molar-refractivity contribution is 6.30. The quantitative estimate of drug-likeness (QED) is 0.867. The molecule has 2 rings (SSSR count). The van der Waals surface area contributed by atoms with E-state index in [1.165, 1.54) is 0 Å². The van der Waals surface area contributed by atoms with E-state index in [4.69, 9.17) is 11.6 Å². The molecule has 0 radical (unpaired) electrons. The zero-order valence-electron chi connectivity index (χ0n) is 13.8. The maximum Gasteiger partial charge on any atom is 0.270 e. The van der Waals surface area contributed by atoms with Crippen LogP contribution in [0.3, 0.4) is 0 Å². The second kappa shape index (κ2) is 7.42. The van der Waals surface area contributed by atoms with E-state index >= 15 is 0 Å². The van der Waals surface area contributed by atoms with Crippen LogP contribution in [-0.2, 0) is 0 Å². The molecule has 23 heavy (non-hydrogen) atoms. The van der Waals surface area contributed by atoms with Gasteiger partial charge < -0.3 is 10.6 Å². The maximum atomic E-state index is 12.2. The van der Waals surface area contributed by atoms with Crippen LogP contribution in [0.1, 0.15) is 42.1 Å². The second-order valence-corrected chi connectivity index (χ2v) is 5.99. The largest absolute Gasteiger partial charge is 0.348 e. The zero-order valence-corrected chi connectivity index (χ0v) is 14.5. The lowest BCUT2D eigenvalue weighted by Gasteiger charge is -2.13. The Bertz CT molecular complexity index is 718. The first-order valence-corrected chi connectivity index (χ1v) is 7.96. The van der Waals surface area contributed by atoms with Crippen molar-refractivity contribution in [3.05, 3.63) is 46.4 Å². The molecule has 1 atom stereocenters. The Morgan fingerprint density at radius 2 is 2.00 bits per heavy atom. The Hall–Kier alpha value is -2.14. The SMILES string of the molecule is CCC(C)NC(=O)c1cc(Nc2cc(Cl)ccc2C)nc(C)n1. The first kappa shape index (κ1) is 17.2. The molecule has 1 amide bonds. The van der Waals surface area contributed by atoms with Gasteiger partial charge in [-0.15, -0.1) is 0 Å². The van der Waals surface area contributed by atoms with Gasteiger partial charge in [-0.1, -0.05) is 24.6 Å². The Kier molecular flexibility index (Phi) is 5.55. The smallest absolute Gasteiger partial charge is 0.270 e. The highest BCUT2D eigenvalue weighted by atomic mass is 35.5. The number of amides is 1. The molecule has 2 N–H and O–H groups in total. The van der Waals surface area contributed by atoms with Crippen molar-refractivity contribution in [2.24, 2.45) is 0 Å². The number of aromatic nitrogens is 2. The molecule has 0 saturated heterocycles. The Morgan fingerprint density at radius 1 is 1.26 bits per heavy atom. The van der Waals surface area contributed by atoms with Crippen LogP contribution in [0.15, 0.2) is 24.3 Å². The predicted octanol–water partition coefficient (Wildman–Crippen LogP) is 4.02. The molecule has 0 spiro atoms. The van der Waals surface area contributed by atoms with Crippen molar-refractivity contribution in [2.45, 2.75) is 40.2 Å². The third-order valence-corrected chi connectivity index (χ3v) is 3.76. The number of aryl methyl sites for hydroxylation is 2. The van der Waals surface area contributed by atoms with E-state index in [1.54, 1.807) is 13.0 Å². The van der Waals surface area contributed by atoms with Gasteiger partial charge in [0.05, 0.1) is 0 Å².